The van der Waals surface area contributed by atoms with Crippen molar-refractivity contribution in [2.75, 3.05) is 0 Å². The highest BCUT2D eigenvalue weighted by Crippen LogP contribution is 2.21. The van der Waals surface area contributed by atoms with Crippen LogP contribution in [0, 0.1) is 5.92 Å². The molecule has 6 heteroatoms. The van der Waals surface area contributed by atoms with Gasteiger partial charge in [-0.3, -0.25) is 9.59 Å². The zero-order valence-corrected chi connectivity index (χ0v) is 13.7. The van der Waals surface area contributed by atoms with Gasteiger partial charge in [-0.15, -0.1) is 0 Å². The molecule has 22 heavy (non-hydrogen) atoms. The average molecular weight is 308 g/mol. The molecule has 0 bridgehead atoms. The van der Waals surface area contributed by atoms with Crippen LogP contribution in [0.25, 0.3) is 0 Å². The SMILES string of the molecule is CC(C)Oc1cccc(C(=O)NC(C)(CC(=O)O)C(C)C)n1. The first kappa shape index (κ1) is 17.9. The summed E-state index contributed by atoms with van der Waals surface area (Å²) in [4.78, 5) is 27.5. The second-order valence-corrected chi connectivity index (χ2v) is 6.12. The zero-order valence-electron chi connectivity index (χ0n) is 13.7. The maximum absolute atomic E-state index is 12.4. The first-order chi connectivity index (χ1) is 10.1. The Kier molecular flexibility index (Phi) is 5.91. The van der Waals surface area contributed by atoms with Crippen molar-refractivity contribution in [3.8, 4) is 5.88 Å². The van der Waals surface area contributed by atoms with Crippen molar-refractivity contribution in [3.63, 3.8) is 0 Å². The number of ether oxygens (including phenoxy) is 1. The average Bonchev–Trinajstić information content (AvgIpc) is 2.36. The molecule has 122 valence electrons. The Morgan fingerprint density at radius 2 is 1.95 bits per heavy atom. The van der Waals surface area contributed by atoms with Crippen molar-refractivity contribution in [1.29, 1.82) is 0 Å². The number of carbonyl (C=O) groups is 2. The van der Waals surface area contributed by atoms with Gasteiger partial charge in [0.2, 0.25) is 5.88 Å². The molecule has 2 N–H and O–H groups in total. The van der Waals surface area contributed by atoms with Crippen LogP contribution in [-0.4, -0.2) is 33.6 Å². The molecule has 0 saturated carbocycles. The molecule has 0 fully saturated rings. The van der Waals surface area contributed by atoms with Crippen molar-refractivity contribution in [2.24, 2.45) is 5.92 Å². The second-order valence-electron chi connectivity index (χ2n) is 6.12. The van der Waals surface area contributed by atoms with Crippen LogP contribution in [0.5, 0.6) is 5.88 Å². The maximum atomic E-state index is 12.4. The Bertz CT molecular complexity index is 543. The number of aromatic nitrogens is 1. The van der Waals surface area contributed by atoms with Crippen molar-refractivity contribution >= 4 is 11.9 Å². The van der Waals surface area contributed by atoms with Crippen LogP contribution < -0.4 is 10.1 Å². The molecular weight excluding hydrogens is 284 g/mol. The van der Waals surface area contributed by atoms with Gasteiger partial charge in [0.05, 0.1) is 18.1 Å². The van der Waals surface area contributed by atoms with E-state index in [0.717, 1.165) is 0 Å². The predicted octanol–water partition coefficient (Wildman–Crippen LogP) is 2.49. The molecule has 1 aromatic heterocycles. The Morgan fingerprint density at radius 1 is 1.32 bits per heavy atom. The van der Waals surface area contributed by atoms with Gasteiger partial charge in [0.1, 0.15) is 5.69 Å². The standard InChI is InChI=1S/C16H24N2O4/c1-10(2)16(5,9-14(19)20)18-15(21)12-7-6-8-13(17-12)22-11(3)4/h6-8,10-11H,9H2,1-5H3,(H,18,21)(H,19,20). The summed E-state index contributed by atoms with van der Waals surface area (Å²) in [5.74, 6) is -1.04. The van der Waals surface area contributed by atoms with Gasteiger partial charge in [0.25, 0.3) is 5.91 Å². The Hall–Kier alpha value is -2.11. The van der Waals surface area contributed by atoms with E-state index in [4.69, 9.17) is 9.84 Å². The highest BCUT2D eigenvalue weighted by atomic mass is 16.5. The molecular formula is C16H24N2O4. The minimum Gasteiger partial charge on any atom is -0.481 e. The van der Waals surface area contributed by atoms with Crippen molar-refractivity contribution < 1.29 is 19.4 Å². The topological polar surface area (TPSA) is 88.5 Å². The van der Waals surface area contributed by atoms with Crippen molar-refractivity contribution in [2.45, 2.75) is 52.7 Å². The summed E-state index contributed by atoms with van der Waals surface area (Å²) in [6.45, 7) is 9.20. The molecule has 1 heterocycles. The lowest BCUT2D eigenvalue weighted by atomic mass is 9.85. The van der Waals surface area contributed by atoms with Crippen LogP contribution in [0.1, 0.15) is 51.5 Å². The van der Waals surface area contributed by atoms with E-state index >= 15 is 0 Å². The maximum Gasteiger partial charge on any atom is 0.305 e. The fourth-order valence-electron chi connectivity index (χ4n) is 1.88. The van der Waals surface area contributed by atoms with Crippen molar-refractivity contribution in [1.82, 2.24) is 10.3 Å². The number of aliphatic carboxylic acids is 1. The molecule has 1 rings (SSSR count). The largest absolute Gasteiger partial charge is 0.481 e. The summed E-state index contributed by atoms with van der Waals surface area (Å²) in [5, 5.41) is 11.8. The number of carboxylic acids is 1. The first-order valence-corrected chi connectivity index (χ1v) is 7.32. The lowest BCUT2D eigenvalue weighted by Crippen LogP contribution is -2.51. The second kappa shape index (κ2) is 7.24. The van der Waals surface area contributed by atoms with Gasteiger partial charge in [-0.05, 0) is 32.8 Å². The van der Waals surface area contributed by atoms with E-state index in [9.17, 15) is 9.59 Å². The minimum absolute atomic E-state index is 0.0392. The Morgan fingerprint density at radius 3 is 2.45 bits per heavy atom. The molecule has 0 aromatic carbocycles. The molecule has 0 aliphatic heterocycles. The van der Waals surface area contributed by atoms with Crippen LogP contribution in [-0.2, 0) is 4.79 Å². The number of nitrogens with one attached hydrogen (secondary N) is 1. The molecule has 0 aliphatic rings. The van der Waals surface area contributed by atoms with E-state index in [0.29, 0.717) is 5.88 Å². The first-order valence-electron chi connectivity index (χ1n) is 7.32. The molecule has 1 atom stereocenters. The monoisotopic (exact) mass is 308 g/mol. The van der Waals surface area contributed by atoms with E-state index in [-0.39, 0.29) is 24.1 Å². The Labute approximate surface area is 130 Å². The van der Waals surface area contributed by atoms with Crippen LogP contribution in [0.2, 0.25) is 0 Å². The molecule has 1 aromatic rings. The summed E-state index contributed by atoms with van der Waals surface area (Å²) in [6, 6.07) is 4.93. The Balaban J connectivity index is 2.93. The smallest absolute Gasteiger partial charge is 0.305 e. The van der Waals surface area contributed by atoms with E-state index in [2.05, 4.69) is 10.3 Å². The molecule has 0 radical (unpaired) electrons. The normalized spacial score (nSPS) is 13.8. The quantitative estimate of drug-likeness (QED) is 0.808. The van der Waals surface area contributed by atoms with Gasteiger partial charge in [-0.2, -0.15) is 0 Å². The number of pyridine rings is 1. The van der Waals surface area contributed by atoms with E-state index in [1.807, 2.05) is 27.7 Å². The highest BCUT2D eigenvalue weighted by Gasteiger charge is 2.33. The number of amides is 1. The van der Waals surface area contributed by atoms with Gasteiger partial charge in [0, 0.05) is 6.07 Å². The third-order valence-electron chi connectivity index (χ3n) is 3.50. The molecule has 1 unspecified atom stereocenters. The lowest BCUT2D eigenvalue weighted by molar-refractivity contribution is -0.138. The fourth-order valence-corrected chi connectivity index (χ4v) is 1.88. The summed E-state index contributed by atoms with van der Waals surface area (Å²) < 4.78 is 5.46. The van der Waals surface area contributed by atoms with Gasteiger partial charge in [-0.1, -0.05) is 19.9 Å². The summed E-state index contributed by atoms with van der Waals surface area (Å²) in [6.07, 6.45) is -0.197. The zero-order chi connectivity index (χ0) is 16.9. The third-order valence-corrected chi connectivity index (χ3v) is 3.50. The number of carboxylic acid groups (broad SMARTS) is 1. The number of nitrogens with zero attached hydrogens (tertiary/aromatic N) is 1. The highest BCUT2D eigenvalue weighted by molar-refractivity contribution is 5.93. The summed E-state index contributed by atoms with van der Waals surface area (Å²) in [7, 11) is 0. The van der Waals surface area contributed by atoms with E-state index in [1.54, 1.807) is 25.1 Å². The molecule has 0 spiro atoms. The van der Waals surface area contributed by atoms with Crippen LogP contribution in [0.4, 0.5) is 0 Å². The number of hydrogen-bond donors (Lipinski definition) is 2. The molecule has 0 aliphatic carbocycles. The van der Waals surface area contributed by atoms with Gasteiger partial charge in [-0.25, -0.2) is 4.98 Å². The summed E-state index contributed by atoms with van der Waals surface area (Å²) in [5.41, 5.74) is -0.644. The summed E-state index contributed by atoms with van der Waals surface area (Å²) >= 11 is 0. The van der Waals surface area contributed by atoms with E-state index < -0.39 is 17.4 Å². The van der Waals surface area contributed by atoms with Crippen LogP contribution >= 0.6 is 0 Å². The number of hydrogen-bond acceptors (Lipinski definition) is 4. The lowest BCUT2D eigenvalue weighted by Gasteiger charge is -2.33. The van der Waals surface area contributed by atoms with Gasteiger partial charge in [0.15, 0.2) is 0 Å². The minimum atomic E-state index is -0.957. The fraction of sp³-hybridized carbons (Fsp3) is 0.562. The van der Waals surface area contributed by atoms with Crippen LogP contribution in [0.3, 0.4) is 0 Å². The van der Waals surface area contributed by atoms with Crippen LogP contribution in [0.15, 0.2) is 18.2 Å². The third kappa shape index (κ3) is 5.02. The van der Waals surface area contributed by atoms with Gasteiger partial charge >= 0.3 is 5.97 Å². The number of carbonyl (C=O) groups excluding carboxylic acids is 1. The van der Waals surface area contributed by atoms with E-state index in [1.165, 1.54) is 0 Å². The molecule has 1 amide bonds. The predicted molar refractivity (Wildman–Crippen MR) is 83.0 cm³/mol. The number of rotatable bonds is 7. The molecule has 6 nitrogen and oxygen atoms in total. The van der Waals surface area contributed by atoms with Crippen molar-refractivity contribution in [3.05, 3.63) is 23.9 Å². The van der Waals surface area contributed by atoms with Gasteiger partial charge < -0.3 is 15.2 Å². The molecule has 0 saturated heterocycles.